The molecule has 0 aliphatic rings. The minimum Gasteiger partial charge on any atom is -0.278 e. The highest BCUT2D eigenvalue weighted by molar-refractivity contribution is 7.47. The first kappa shape index (κ1) is 8.05. The van der Waals surface area contributed by atoms with Gasteiger partial charge in [0.05, 0.1) is 6.10 Å². The van der Waals surface area contributed by atoms with E-state index >= 15 is 0 Å². The van der Waals surface area contributed by atoms with Crippen LogP contribution in [0.2, 0.25) is 0 Å². The molecule has 5 heteroatoms. The van der Waals surface area contributed by atoms with E-state index in [-0.39, 0.29) is 0 Å². The van der Waals surface area contributed by atoms with Crippen LogP contribution < -0.4 is 0 Å². The molecule has 0 aliphatic carbocycles. The van der Waals surface area contributed by atoms with Crippen molar-refractivity contribution in [2.24, 2.45) is 0 Å². The second-order valence-corrected chi connectivity index (χ2v) is 2.61. The van der Waals surface area contributed by atoms with Crippen LogP contribution in [0.25, 0.3) is 0 Å². The van der Waals surface area contributed by atoms with E-state index in [4.69, 9.17) is 0 Å². The summed E-state index contributed by atoms with van der Waals surface area (Å²) in [4.78, 5) is 0. The van der Waals surface area contributed by atoms with Gasteiger partial charge in [0.2, 0.25) is 0 Å². The highest BCUT2D eigenvalue weighted by atomic mass is 31.2. The summed E-state index contributed by atoms with van der Waals surface area (Å²) >= 11 is 0. The van der Waals surface area contributed by atoms with Crippen molar-refractivity contribution in [2.45, 2.75) is 20.0 Å². The highest BCUT2D eigenvalue weighted by Crippen LogP contribution is 2.51. The lowest BCUT2D eigenvalue weighted by molar-refractivity contribution is 0.200. The van der Waals surface area contributed by atoms with E-state index in [1.165, 1.54) is 13.8 Å². The Morgan fingerprint density at radius 1 is 1.50 bits per heavy atom. The summed E-state index contributed by atoms with van der Waals surface area (Å²) in [5, 5.41) is 0. The van der Waals surface area contributed by atoms with Crippen molar-refractivity contribution < 1.29 is 17.5 Å². The first-order chi connectivity index (χ1) is 3.42. The predicted octanol–water partition coefficient (Wildman–Crippen LogP) is 2.46. The summed E-state index contributed by atoms with van der Waals surface area (Å²) in [6.45, 7) is 2.79. The third kappa shape index (κ3) is 6.05. The van der Waals surface area contributed by atoms with Gasteiger partial charge < -0.3 is 0 Å². The maximum absolute atomic E-state index is 11.3. The van der Waals surface area contributed by atoms with E-state index in [1.54, 1.807) is 0 Å². The lowest BCUT2D eigenvalue weighted by Crippen LogP contribution is -1.94. The van der Waals surface area contributed by atoms with Crippen LogP contribution in [0.4, 0.5) is 8.39 Å². The van der Waals surface area contributed by atoms with Gasteiger partial charge in [0.25, 0.3) is 0 Å². The van der Waals surface area contributed by atoms with Crippen LogP contribution in [0, 0.1) is 0 Å². The fraction of sp³-hybridized carbons (Fsp3) is 1.00. The molecule has 0 aromatic rings. The topological polar surface area (TPSA) is 26.3 Å². The SMILES string of the molecule is CC(C)OP(=O)(F)F. The average Bonchev–Trinajstić information content (AvgIpc) is 1.21. The van der Waals surface area contributed by atoms with E-state index in [9.17, 15) is 13.0 Å². The Balaban J connectivity index is 3.56. The molecule has 0 radical (unpaired) electrons. The summed E-state index contributed by atoms with van der Waals surface area (Å²) < 4.78 is 35.7. The second-order valence-electron chi connectivity index (χ2n) is 1.57. The summed E-state index contributed by atoms with van der Waals surface area (Å²) in [6, 6.07) is 0. The minimum atomic E-state index is -5.22. The third-order valence-electron chi connectivity index (χ3n) is 0.334. The monoisotopic (exact) mass is 144 g/mol. The molecule has 0 unspecified atom stereocenters. The molecule has 8 heavy (non-hydrogen) atoms. The third-order valence-corrected chi connectivity index (χ3v) is 1.00. The van der Waals surface area contributed by atoms with E-state index in [2.05, 4.69) is 4.52 Å². The van der Waals surface area contributed by atoms with Crippen molar-refractivity contribution in [3.8, 4) is 0 Å². The molecule has 50 valence electrons. The molecule has 0 bridgehead atoms. The largest absolute Gasteiger partial charge is 0.552 e. The Bertz CT molecular complexity index is 108. The van der Waals surface area contributed by atoms with Gasteiger partial charge in [-0.3, -0.25) is 4.52 Å². The van der Waals surface area contributed by atoms with Crippen molar-refractivity contribution in [1.29, 1.82) is 0 Å². The van der Waals surface area contributed by atoms with Gasteiger partial charge in [0.15, 0.2) is 0 Å². The molecule has 0 aromatic carbocycles. The zero-order valence-electron chi connectivity index (χ0n) is 4.60. The molecular formula is C3H7F2O2P. The number of halogens is 2. The molecule has 0 rings (SSSR count). The van der Waals surface area contributed by atoms with Gasteiger partial charge in [-0.05, 0) is 13.8 Å². The highest BCUT2D eigenvalue weighted by Gasteiger charge is 2.21. The van der Waals surface area contributed by atoms with Gasteiger partial charge in [-0.15, -0.1) is 8.39 Å². The molecule has 0 N–H and O–H groups in total. The van der Waals surface area contributed by atoms with Gasteiger partial charge in [-0.25, -0.2) is 4.57 Å². The van der Waals surface area contributed by atoms with Gasteiger partial charge in [-0.2, -0.15) is 0 Å². The maximum Gasteiger partial charge on any atom is 0.552 e. The summed E-state index contributed by atoms with van der Waals surface area (Å²) in [6.07, 6.45) is -0.671. The molecule has 2 nitrogen and oxygen atoms in total. The zero-order chi connectivity index (χ0) is 6.78. The minimum absolute atomic E-state index is 0.671. The lowest BCUT2D eigenvalue weighted by Gasteiger charge is -2.02. The Morgan fingerprint density at radius 2 is 1.88 bits per heavy atom. The Morgan fingerprint density at radius 3 is 1.88 bits per heavy atom. The Labute approximate surface area is 46.5 Å². The van der Waals surface area contributed by atoms with Gasteiger partial charge in [-0.1, -0.05) is 0 Å². The lowest BCUT2D eigenvalue weighted by atomic mass is 10.5. The molecular weight excluding hydrogens is 137 g/mol. The van der Waals surface area contributed by atoms with Crippen molar-refractivity contribution in [2.75, 3.05) is 0 Å². The second kappa shape index (κ2) is 2.55. The van der Waals surface area contributed by atoms with E-state index in [0.717, 1.165) is 0 Å². The average molecular weight is 144 g/mol. The van der Waals surface area contributed by atoms with Crippen molar-refractivity contribution in [3.63, 3.8) is 0 Å². The Kier molecular flexibility index (Phi) is 2.57. The first-order valence-corrected chi connectivity index (χ1v) is 3.50. The van der Waals surface area contributed by atoms with Crippen LogP contribution in [0.1, 0.15) is 13.8 Å². The molecule has 0 saturated carbocycles. The molecule has 0 aromatic heterocycles. The van der Waals surface area contributed by atoms with Crippen LogP contribution in [0.15, 0.2) is 0 Å². The van der Waals surface area contributed by atoms with Crippen LogP contribution >= 0.6 is 7.99 Å². The summed E-state index contributed by atoms with van der Waals surface area (Å²) in [5.74, 6) is 0. The van der Waals surface area contributed by atoms with Crippen molar-refractivity contribution in [1.82, 2.24) is 0 Å². The van der Waals surface area contributed by atoms with Crippen LogP contribution in [-0.4, -0.2) is 6.10 Å². The Hall–Kier alpha value is 0.0500. The molecule has 0 aliphatic heterocycles. The zero-order valence-corrected chi connectivity index (χ0v) is 5.49. The normalized spacial score (nSPS) is 12.6. The summed E-state index contributed by atoms with van der Waals surface area (Å²) in [5.41, 5.74) is 0. The number of rotatable bonds is 2. The van der Waals surface area contributed by atoms with Crippen LogP contribution in [0.5, 0.6) is 0 Å². The number of hydrogen-bond acceptors (Lipinski definition) is 2. The van der Waals surface area contributed by atoms with E-state index in [1.807, 2.05) is 0 Å². The fourth-order valence-corrected chi connectivity index (χ4v) is 0.736. The molecule has 0 amide bonds. The van der Waals surface area contributed by atoms with Crippen LogP contribution in [-0.2, 0) is 9.09 Å². The van der Waals surface area contributed by atoms with E-state index in [0.29, 0.717) is 0 Å². The van der Waals surface area contributed by atoms with Crippen molar-refractivity contribution >= 4 is 7.99 Å². The number of hydrogen-bond donors (Lipinski definition) is 0. The summed E-state index contributed by atoms with van der Waals surface area (Å²) in [7, 11) is -5.22. The molecule has 0 fully saturated rings. The van der Waals surface area contributed by atoms with Crippen LogP contribution in [0.3, 0.4) is 0 Å². The standard InChI is InChI=1S/C3H7F2O2P/c1-3(2)7-8(4,5)6/h3H,1-2H3. The molecule has 0 spiro atoms. The van der Waals surface area contributed by atoms with Gasteiger partial charge in [0, 0.05) is 0 Å². The fourth-order valence-electron chi connectivity index (χ4n) is 0.245. The molecule has 0 heterocycles. The van der Waals surface area contributed by atoms with E-state index < -0.39 is 14.1 Å². The quantitative estimate of drug-likeness (QED) is 0.556. The maximum atomic E-state index is 11.3. The van der Waals surface area contributed by atoms with Gasteiger partial charge >= 0.3 is 7.99 Å². The smallest absolute Gasteiger partial charge is 0.278 e. The predicted molar refractivity (Wildman–Crippen MR) is 26.0 cm³/mol. The van der Waals surface area contributed by atoms with Crippen molar-refractivity contribution in [3.05, 3.63) is 0 Å². The first-order valence-electron chi connectivity index (χ1n) is 2.09. The molecule has 0 saturated heterocycles. The van der Waals surface area contributed by atoms with Gasteiger partial charge in [0.1, 0.15) is 0 Å². The molecule has 0 atom stereocenters.